The first-order chi connectivity index (χ1) is 13.5. The van der Waals surface area contributed by atoms with Crippen LogP contribution in [-0.4, -0.2) is 39.0 Å². The second-order valence-electron chi connectivity index (χ2n) is 7.10. The maximum Gasteiger partial charge on any atom is 0.253 e. The van der Waals surface area contributed by atoms with E-state index in [0.29, 0.717) is 28.2 Å². The third-order valence-corrected chi connectivity index (χ3v) is 5.19. The minimum Gasteiger partial charge on any atom is -0.398 e. The van der Waals surface area contributed by atoms with Gasteiger partial charge in [0.2, 0.25) is 0 Å². The highest BCUT2D eigenvalue weighted by atomic mass is 19.1. The van der Waals surface area contributed by atoms with E-state index in [-0.39, 0.29) is 11.6 Å². The Morgan fingerprint density at radius 2 is 1.86 bits per heavy atom. The van der Waals surface area contributed by atoms with E-state index >= 15 is 0 Å². The Bertz CT molecular complexity index is 1050. The molecule has 6 nitrogen and oxygen atoms in total. The molecule has 7 heteroatoms. The van der Waals surface area contributed by atoms with E-state index in [0.717, 1.165) is 38.8 Å². The number of likely N-dealkylation sites (tertiary alicyclic amines) is 1. The lowest BCUT2D eigenvalue weighted by Gasteiger charge is -2.20. The average molecular weight is 379 g/mol. The fourth-order valence-corrected chi connectivity index (χ4v) is 3.66. The van der Waals surface area contributed by atoms with E-state index in [1.165, 1.54) is 22.9 Å². The molecule has 4 rings (SSSR count). The number of hydrogen-bond donors (Lipinski definition) is 2. The molecule has 1 aromatic carbocycles. The first-order valence-electron chi connectivity index (χ1n) is 9.45. The SMILES string of the molecule is N=C(c1ccc(C(=O)N2CCCCCC2)cc1N)c1cnc2ccc(F)cn12. The number of pyridine rings is 1. The number of aromatic nitrogens is 2. The molecule has 1 saturated heterocycles. The van der Waals surface area contributed by atoms with Gasteiger partial charge in [-0.15, -0.1) is 0 Å². The summed E-state index contributed by atoms with van der Waals surface area (Å²) in [6, 6.07) is 7.89. The highest BCUT2D eigenvalue weighted by Crippen LogP contribution is 2.21. The number of carbonyl (C=O) groups is 1. The molecule has 3 N–H and O–H groups in total. The molecule has 0 aliphatic carbocycles. The van der Waals surface area contributed by atoms with Crippen molar-refractivity contribution in [2.45, 2.75) is 25.7 Å². The van der Waals surface area contributed by atoms with E-state index in [2.05, 4.69) is 4.98 Å². The maximum atomic E-state index is 13.6. The van der Waals surface area contributed by atoms with Crippen molar-refractivity contribution in [3.8, 4) is 0 Å². The van der Waals surface area contributed by atoms with E-state index < -0.39 is 5.82 Å². The lowest BCUT2D eigenvalue weighted by Crippen LogP contribution is -2.31. The molecule has 3 aromatic rings. The molecule has 0 radical (unpaired) electrons. The molecular formula is C21H22FN5O. The van der Waals surface area contributed by atoms with E-state index in [9.17, 15) is 9.18 Å². The van der Waals surface area contributed by atoms with Crippen LogP contribution in [-0.2, 0) is 0 Å². The summed E-state index contributed by atoms with van der Waals surface area (Å²) in [6.07, 6.45) is 7.17. The number of fused-ring (bicyclic) bond motifs is 1. The molecule has 0 saturated carbocycles. The number of nitrogens with two attached hydrogens (primary N) is 1. The Hall–Kier alpha value is -3.22. The molecule has 2 aromatic heterocycles. The van der Waals surface area contributed by atoms with Gasteiger partial charge in [0.25, 0.3) is 5.91 Å². The number of amides is 1. The number of imidazole rings is 1. The second kappa shape index (κ2) is 7.42. The first kappa shape index (κ1) is 18.2. The summed E-state index contributed by atoms with van der Waals surface area (Å²) < 4.78 is 15.1. The summed E-state index contributed by atoms with van der Waals surface area (Å²) in [5.41, 5.74) is 8.66. The zero-order chi connectivity index (χ0) is 19.7. The predicted molar refractivity (Wildman–Crippen MR) is 106 cm³/mol. The molecule has 1 aliphatic rings. The Kier molecular flexibility index (Phi) is 4.81. The molecule has 1 amide bonds. The Labute approximate surface area is 162 Å². The third-order valence-electron chi connectivity index (χ3n) is 5.19. The number of rotatable bonds is 3. The van der Waals surface area contributed by atoms with Crippen LogP contribution in [0.25, 0.3) is 5.65 Å². The van der Waals surface area contributed by atoms with Crippen LogP contribution in [0.3, 0.4) is 0 Å². The van der Waals surface area contributed by atoms with Crippen molar-refractivity contribution in [1.29, 1.82) is 5.41 Å². The van der Waals surface area contributed by atoms with E-state index in [4.69, 9.17) is 11.1 Å². The van der Waals surface area contributed by atoms with Crippen molar-refractivity contribution in [1.82, 2.24) is 14.3 Å². The maximum absolute atomic E-state index is 13.6. The van der Waals surface area contributed by atoms with E-state index in [1.54, 1.807) is 24.3 Å². The van der Waals surface area contributed by atoms with Crippen molar-refractivity contribution in [3.63, 3.8) is 0 Å². The van der Waals surface area contributed by atoms with Crippen LogP contribution >= 0.6 is 0 Å². The first-order valence-corrected chi connectivity index (χ1v) is 9.45. The van der Waals surface area contributed by atoms with Crippen LogP contribution in [0, 0.1) is 11.2 Å². The molecule has 144 valence electrons. The fraction of sp³-hybridized carbons (Fsp3) is 0.286. The monoisotopic (exact) mass is 379 g/mol. The minimum atomic E-state index is -0.411. The molecule has 0 spiro atoms. The second-order valence-corrected chi connectivity index (χ2v) is 7.10. The standard InChI is InChI=1S/C21H22FN5O/c22-15-6-8-19-25-12-18(27(19)13-15)20(24)16-7-5-14(11-17(16)23)21(28)26-9-3-1-2-4-10-26/h5-8,11-13,24H,1-4,9-10,23H2. The Morgan fingerprint density at radius 3 is 2.57 bits per heavy atom. The zero-order valence-electron chi connectivity index (χ0n) is 15.5. The topological polar surface area (TPSA) is 87.5 Å². The van der Waals surface area contributed by atoms with Gasteiger partial charge in [-0.2, -0.15) is 0 Å². The van der Waals surface area contributed by atoms with Gasteiger partial charge in [0.15, 0.2) is 0 Å². The lowest BCUT2D eigenvalue weighted by molar-refractivity contribution is 0.0761. The highest BCUT2D eigenvalue weighted by Gasteiger charge is 2.20. The summed E-state index contributed by atoms with van der Waals surface area (Å²) in [4.78, 5) is 18.9. The van der Waals surface area contributed by atoms with Gasteiger partial charge in [-0.1, -0.05) is 12.8 Å². The van der Waals surface area contributed by atoms with Crippen LogP contribution in [0.2, 0.25) is 0 Å². The van der Waals surface area contributed by atoms with Gasteiger partial charge in [0, 0.05) is 36.1 Å². The average Bonchev–Trinajstić information content (AvgIpc) is 2.91. The lowest BCUT2D eigenvalue weighted by atomic mass is 10.0. The van der Waals surface area contributed by atoms with Gasteiger partial charge < -0.3 is 10.6 Å². The van der Waals surface area contributed by atoms with E-state index in [1.807, 2.05) is 4.90 Å². The van der Waals surface area contributed by atoms with Crippen LogP contribution in [0.4, 0.5) is 10.1 Å². The van der Waals surface area contributed by atoms with Crippen molar-refractivity contribution in [3.05, 3.63) is 65.4 Å². The molecule has 1 fully saturated rings. The number of hydrogen-bond acceptors (Lipinski definition) is 4. The third kappa shape index (κ3) is 3.35. The zero-order valence-corrected chi connectivity index (χ0v) is 15.5. The quantitative estimate of drug-likeness (QED) is 0.539. The largest absolute Gasteiger partial charge is 0.398 e. The molecule has 3 heterocycles. The van der Waals surface area contributed by atoms with Gasteiger partial charge in [-0.3, -0.25) is 14.6 Å². The smallest absolute Gasteiger partial charge is 0.253 e. The van der Waals surface area contributed by atoms with Gasteiger partial charge in [-0.25, -0.2) is 9.37 Å². The Morgan fingerprint density at radius 1 is 1.11 bits per heavy atom. The number of nitrogens with zero attached hydrogens (tertiary/aromatic N) is 3. The number of halogens is 1. The molecule has 0 bridgehead atoms. The normalized spacial score (nSPS) is 14.8. The molecule has 28 heavy (non-hydrogen) atoms. The number of carbonyl (C=O) groups excluding carboxylic acids is 1. The van der Waals surface area contributed by atoms with Crippen molar-refractivity contribution >= 4 is 23.0 Å². The summed E-state index contributed by atoms with van der Waals surface area (Å²) >= 11 is 0. The summed E-state index contributed by atoms with van der Waals surface area (Å²) in [5.74, 6) is -0.436. The summed E-state index contributed by atoms with van der Waals surface area (Å²) in [7, 11) is 0. The van der Waals surface area contributed by atoms with Gasteiger partial charge in [-0.05, 0) is 43.2 Å². The van der Waals surface area contributed by atoms with Gasteiger partial charge in [0.05, 0.1) is 17.6 Å². The van der Waals surface area contributed by atoms with Gasteiger partial charge in [0.1, 0.15) is 11.5 Å². The van der Waals surface area contributed by atoms with Gasteiger partial charge >= 0.3 is 0 Å². The van der Waals surface area contributed by atoms with Crippen molar-refractivity contribution < 1.29 is 9.18 Å². The highest BCUT2D eigenvalue weighted by molar-refractivity contribution is 6.13. The van der Waals surface area contributed by atoms with Crippen LogP contribution < -0.4 is 5.73 Å². The molecular weight excluding hydrogens is 357 g/mol. The molecule has 1 aliphatic heterocycles. The number of nitrogens with one attached hydrogen (secondary N) is 1. The van der Waals surface area contributed by atoms with Crippen molar-refractivity contribution in [2.75, 3.05) is 18.8 Å². The number of benzene rings is 1. The number of nitrogen functional groups attached to an aromatic ring is 1. The summed E-state index contributed by atoms with van der Waals surface area (Å²) in [6.45, 7) is 1.54. The fourth-order valence-electron chi connectivity index (χ4n) is 3.66. The predicted octanol–water partition coefficient (Wildman–Crippen LogP) is 3.49. The van der Waals surface area contributed by atoms with Crippen LogP contribution in [0.5, 0.6) is 0 Å². The minimum absolute atomic E-state index is 0.0245. The summed E-state index contributed by atoms with van der Waals surface area (Å²) in [5, 5.41) is 8.52. The van der Waals surface area contributed by atoms with Crippen molar-refractivity contribution in [2.24, 2.45) is 0 Å². The number of anilines is 1. The van der Waals surface area contributed by atoms with Crippen LogP contribution in [0.15, 0.2) is 42.7 Å². The molecule has 0 atom stereocenters. The molecule has 0 unspecified atom stereocenters. The van der Waals surface area contributed by atoms with Crippen LogP contribution in [0.1, 0.15) is 47.3 Å². The Balaban J connectivity index is 1.62.